The number of ether oxygens (including phenoxy) is 1. The number of hydrogen-bond acceptors (Lipinski definition) is 4. The zero-order valence-corrected chi connectivity index (χ0v) is 14.1. The number of hydrogen-bond donors (Lipinski definition) is 3. The number of para-hydroxylation sites is 1. The largest absolute Gasteiger partial charge is 0.491 e. The second-order valence-corrected chi connectivity index (χ2v) is 5.06. The van der Waals surface area contributed by atoms with Crippen LogP contribution in [0.4, 0.5) is 14.5 Å². The molecule has 0 saturated carbocycles. The highest BCUT2D eigenvalue weighted by atomic mass is 35.5. The summed E-state index contributed by atoms with van der Waals surface area (Å²) < 4.78 is 30.9. The third kappa shape index (κ3) is 7.36. The smallest absolute Gasteiger partial charge is 0.239 e. The van der Waals surface area contributed by atoms with Crippen molar-refractivity contribution in [1.82, 2.24) is 5.32 Å². The molecule has 0 aliphatic rings. The zero-order chi connectivity index (χ0) is 17.4. The van der Waals surface area contributed by atoms with Gasteiger partial charge in [-0.25, -0.2) is 8.78 Å². The monoisotopic (exact) mass is 372 g/mol. The lowest BCUT2D eigenvalue weighted by molar-refractivity contribution is -0.119. The number of aliphatic hydroxyl groups excluding tert-OH is 1. The molecule has 0 saturated heterocycles. The van der Waals surface area contributed by atoms with Gasteiger partial charge in [-0.15, -0.1) is 12.4 Å². The fourth-order valence-corrected chi connectivity index (χ4v) is 1.85. The molecule has 0 aliphatic carbocycles. The number of carbonyl (C=O) groups is 1. The Morgan fingerprint density at radius 1 is 1.12 bits per heavy atom. The molecule has 25 heavy (non-hydrogen) atoms. The van der Waals surface area contributed by atoms with E-state index in [0.717, 1.165) is 17.8 Å². The van der Waals surface area contributed by atoms with Crippen molar-refractivity contribution in [3.8, 4) is 5.75 Å². The van der Waals surface area contributed by atoms with E-state index in [9.17, 15) is 18.7 Å². The summed E-state index contributed by atoms with van der Waals surface area (Å²) in [5.74, 6) is -2.18. The van der Waals surface area contributed by atoms with Crippen LogP contribution in [-0.4, -0.2) is 36.8 Å². The molecule has 1 amide bonds. The van der Waals surface area contributed by atoms with Gasteiger partial charge in [0.1, 0.15) is 18.5 Å². The van der Waals surface area contributed by atoms with E-state index in [1.807, 2.05) is 30.3 Å². The summed E-state index contributed by atoms with van der Waals surface area (Å²) in [5, 5.41) is 15.2. The molecule has 2 aromatic carbocycles. The maximum absolute atomic E-state index is 13.0. The van der Waals surface area contributed by atoms with Crippen LogP contribution in [0.5, 0.6) is 5.75 Å². The third-order valence-electron chi connectivity index (χ3n) is 3.10. The number of carbonyl (C=O) groups excluding carboxylic acids is 1. The Bertz CT molecular complexity index is 674. The molecule has 0 spiro atoms. The van der Waals surface area contributed by atoms with Gasteiger partial charge >= 0.3 is 0 Å². The van der Waals surface area contributed by atoms with Crippen molar-refractivity contribution in [3.05, 3.63) is 60.2 Å². The first-order valence-corrected chi connectivity index (χ1v) is 7.36. The minimum atomic E-state index is -1.03. The Morgan fingerprint density at radius 2 is 1.84 bits per heavy atom. The molecule has 0 heterocycles. The Kier molecular flexibility index (Phi) is 8.66. The predicted octanol–water partition coefficient (Wildman–Crippen LogP) is 2.35. The van der Waals surface area contributed by atoms with Crippen LogP contribution in [0.25, 0.3) is 0 Å². The minimum absolute atomic E-state index is 0. The molecular weight excluding hydrogens is 354 g/mol. The maximum atomic E-state index is 13.0. The average molecular weight is 373 g/mol. The lowest BCUT2D eigenvalue weighted by Crippen LogP contribution is -2.38. The molecule has 3 N–H and O–H groups in total. The minimum Gasteiger partial charge on any atom is -0.491 e. The molecule has 0 radical (unpaired) electrons. The van der Waals surface area contributed by atoms with Crippen LogP contribution >= 0.6 is 12.4 Å². The number of amides is 1. The van der Waals surface area contributed by atoms with Crippen molar-refractivity contribution in [2.45, 2.75) is 6.10 Å². The van der Waals surface area contributed by atoms with E-state index in [2.05, 4.69) is 10.6 Å². The van der Waals surface area contributed by atoms with Gasteiger partial charge in [0, 0.05) is 18.3 Å². The Morgan fingerprint density at radius 3 is 2.52 bits per heavy atom. The van der Waals surface area contributed by atoms with Gasteiger partial charge in [-0.1, -0.05) is 18.2 Å². The standard InChI is InChI=1S/C17H18F2N2O3.ClH/c18-15-7-6-14(8-16(15)19)24-11-13(22)9-21-17(23)10-20-12-4-2-1-3-5-12;/h1-8,13,20,22H,9-11H2,(H,21,23);1H. The van der Waals surface area contributed by atoms with Crippen molar-refractivity contribution in [2.75, 3.05) is 25.0 Å². The summed E-state index contributed by atoms with van der Waals surface area (Å²) >= 11 is 0. The predicted molar refractivity (Wildman–Crippen MR) is 93.0 cm³/mol. The number of aliphatic hydroxyl groups is 1. The van der Waals surface area contributed by atoms with Gasteiger partial charge in [-0.3, -0.25) is 4.79 Å². The van der Waals surface area contributed by atoms with Gasteiger partial charge in [-0.2, -0.15) is 0 Å². The van der Waals surface area contributed by atoms with E-state index in [0.29, 0.717) is 0 Å². The van der Waals surface area contributed by atoms with Gasteiger partial charge in [0.15, 0.2) is 11.6 Å². The quantitative estimate of drug-likeness (QED) is 0.665. The lowest BCUT2D eigenvalue weighted by Gasteiger charge is -2.14. The fourth-order valence-electron chi connectivity index (χ4n) is 1.85. The number of halogens is 3. The molecule has 8 heteroatoms. The molecule has 0 aromatic heterocycles. The van der Waals surface area contributed by atoms with Crippen LogP contribution in [0.3, 0.4) is 0 Å². The molecule has 1 unspecified atom stereocenters. The molecule has 2 aromatic rings. The van der Waals surface area contributed by atoms with Crippen molar-refractivity contribution in [2.24, 2.45) is 0 Å². The summed E-state index contributed by atoms with van der Waals surface area (Å²) in [6, 6.07) is 12.3. The number of nitrogens with one attached hydrogen (secondary N) is 2. The summed E-state index contributed by atoms with van der Waals surface area (Å²) in [6.07, 6.45) is -0.973. The normalized spacial score (nSPS) is 11.2. The zero-order valence-electron chi connectivity index (χ0n) is 13.2. The van der Waals surface area contributed by atoms with Crippen molar-refractivity contribution < 1.29 is 23.4 Å². The summed E-state index contributed by atoms with van der Waals surface area (Å²) in [5.41, 5.74) is 0.815. The molecule has 1 atom stereocenters. The van der Waals surface area contributed by atoms with Gasteiger partial charge in [0.05, 0.1) is 6.54 Å². The number of rotatable bonds is 8. The van der Waals surface area contributed by atoms with E-state index in [1.165, 1.54) is 6.07 Å². The van der Waals surface area contributed by atoms with Crippen LogP contribution in [0, 0.1) is 11.6 Å². The van der Waals surface area contributed by atoms with E-state index in [-0.39, 0.29) is 43.8 Å². The van der Waals surface area contributed by atoms with E-state index < -0.39 is 17.7 Å². The van der Waals surface area contributed by atoms with Crippen LogP contribution in [0.1, 0.15) is 0 Å². The molecule has 0 fully saturated rings. The van der Waals surface area contributed by atoms with Gasteiger partial charge in [0.25, 0.3) is 0 Å². The van der Waals surface area contributed by atoms with Crippen LogP contribution < -0.4 is 15.4 Å². The van der Waals surface area contributed by atoms with Gasteiger partial charge in [-0.05, 0) is 24.3 Å². The average Bonchev–Trinajstić information content (AvgIpc) is 2.60. The first-order chi connectivity index (χ1) is 11.5. The summed E-state index contributed by atoms with van der Waals surface area (Å²) in [4.78, 5) is 11.7. The second kappa shape index (κ2) is 10.5. The van der Waals surface area contributed by atoms with Gasteiger partial charge < -0.3 is 20.5 Å². The van der Waals surface area contributed by atoms with Crippen LogP contribution in [-0.2, 0) is 4.79 Å². The molecule has 5 nitrogen and oxygen atoms in total. The van der Waals surface area contributed by atoms with E-state index in [4.69, 9.17) is 4.74 Å². The van der Waals surface area contributed by atoms with Crippen molar-refractivity contribution in [1.29, 1.82) is 0 Å². The highest BCUT2D eigenvalue weighted by molar-refractivity contribution is 5.85. The number of anilines is 1. The Labute approximate surface area is 150 Å². The first-order valence-electron chi connectivity index (χ1n) is 7.36. The van der Waals surface area contributed by atoms with Gasteiger partial charge in [0.2, 0.25) is 5.91 Å². The van der Waals surface area contributed by atoms with E-state index in [1.54, 1.807) is 0 Å². The molecule has 0 bridgehead atoms. The maximum Gasteiger partial charge on any atom is 0.239 e. The highest BCUT2D eigenvalue weighted by Gasteiger charge is 2.09. The van der Waals surface area contributed by atoms with Crippen LogP contribution in [0.2, 0.25) is 0 Å². The lowest BCUT2D eigenvalue weighted by atomic mass is 10.3. The van der Waals surface area contributed by atoms with Crippen LogP contribution in [0.15, 0.2) is 48.5 Å². The van der Waals surface area contributed by atoms with Crippen molar-refractivity contribution >= 4 is 24.0 Å². The SMILES string of the molecule is Cl.O=C(CNc1ccccc1)NCC(O)COc1ccc(F)c(F)c1. The van der Waals surface area contributed by atoms with E-state index >= 15 is 0 Å². The molecule has 2 rings (SSSR count). The third-order valence-corrected chi connectivity index (χ3v) is 3.10. The Hall–Kier alpha value is -2.38. The first kappa shape index (κ1) is 20.7. The topological polar surface area (TPSA) is 70.6 Å². The molecule has 0 aliphatic heterocycles. The molecular formula is C17H19ClF2N2O3. The highest BCUT2D eigenvalue weighted by Crippen LogP contribution is 2.15. The molecule has 136 valence electrons. The fraction of sp³-hybridized carbons (Fsp3) is 0.235. The Balaban J connectivity index is 0.00000312. The van der Waals surface area contributed by atoms with Crippen molar-refractivity contribution in [3.63, 3.8) is 0 Å². The summed E-state index contributed by atoms with van der Waals surface area (Å²) in [6.45, 7) is -0.1000. The number of benzene rings is 2. The summed E-state index contributed by atoms with van der Waals surface area (Å²) in [7, 11) is 0. The second-order valence-electron chi connectivity index (χ2n) is 5.06.